The van der Waals surface area contributed by atoms with Gasteiger partial charge in [-0.2, -0.15) is 0 Å². The zero-order valence-electron chi connectivity index (χ0n) is 17.2. The average Bonchev–Trinajstić information content (AvgIpc) is 2.67. The molecule has 0 N–H and O–H groups in total. The summed E-state index contributed by atoms with van der Waals surface area (Å²) in [5, 5.41) is 0. The van der Waals surface area contributed by atoms with E-state index in [1.165, 1.54) is 45.5 Å². The van der Waals surface area contributed by atoms with Gasteiger partial charge in [-0.05, 0) is 30.2 Å². The summed E-state index contributed by atoms with van der Waals surface area (Å²) in [5.74, 6) is -0.619. The highest BCUT2D eigenvalue weighted by Gasteiger charge is 2.30. The lowest BCUT2D eigenvalue weighted by atomic mass is 9.99. The molecule has 11 heteroatoms. The van der Waals surface area contributed by atoms with Gasteiger partial charge in [-0.25, -0.2) is 27.1 Å². The fourth-order valence-corrected chi connectivity index (χ4v) is 4.14. The first-order chi connectivity index (χ1) is 13.4. The Morgan fingerprint density at radius 1 is 1.14 bits per heavy atom. The van der Waals surface area contributed by atoms with Crippen LogP contribution in [0.1, 0.15) is 31.0 Å². The predicted molar refractivity (Wildman–Crippen MR) is 110 cm³/mol. The molecule has 0 aliphatic carbocycles. The van der Waals surface area contributed by atoms with E-state index in [1.807, 2.05) is 13.8 Å². The van der Waals surface area contributed by atoms with E-state index in [2.05, 4.69) is 9.97 Å². The van der Waals surface area contributed by atoms with Crippen LogP contribution in [0.3, 0.4) is 0 Å². The minimum atomic E-state index is -3.62. The second-order valence-electron chi connectivity index (χ2n) is 6.76. The van der Waals surface area contributed by atoms with Crippen LogP contribution in [-0.4, -0.2) is 45.9 Å². The number of halogens is 1. The van der Waals surface area contributed by atoms with E-state index in [0.29, 0.717) is 22.5 Å². The van der Waals surface area contributed by atoms with E-state index in [4.69, 9.17) is 9.05 Å². The zero-order valence-corrected chi connectivity index (χ0v) is 18.9. The van der Waals surface area contributed by atoms with E-state index in [1.54, 1.807) is 0 Å². The van der Waals surface area contributed by atoms with Crippen LogP contribution in [-0.2, 0) is 29.8 Å². The fourth-order valence-electron chi connectivity index (χ4n) is 2.66. The molecule has 1 aromatic carbocycles. The van der Waals surface area contributed by atoms with Crippen molar-refractivity contribution in [2.45, 2.75) is 25.9 Å². The lowest BCUT2D eigenvalue weighted by Crippen LogP contribution is -2.28. The molecule has 0 spiro atoms. The van der Waals surface area contributed by atoms with Gasteiger partial charge >= 0.3 is 7.60 Å². The summed E-state index contributed by atoms with van der Waals surface area (Å²) in [6, 6.07) is 5.56. The SMILES string of the molecule is COP(=O)(Cc1c(-c2ccc(F)cc2)nc(N(C)S(C)(=O)=O)nc1C(C)C)OC. The smallest absolute Gasteiger partial charge is 0.312 e. The molecule has 160 valence electrons. The van der Waals surface area contributed by atoms with Crippen LogP contribution in [0, 0.1) is 5.82 Å². The molecule has 29 heavy (non-hydrogen) atoms. The van der Waals surface area contributed by atoms with E-state index in [9.17, 15) is 17.4 Å². The molecule has 0 saturated heterocycles. The number of hydrogen-bond donors (Lipinski definition) is 0. The zero-order chi connectivity index (χ0) is 22.0. The van der Waals surface area contributed by atoms with Crippen LogP contribution in [0.15, 0.2) is 24.3 Å². The summed E-state index contributed by atoms with van der Waals surface area (Å²) in [6.45, 7) is 3.74. The van der Waals surface area contributed by atoms with Gasteiger partial charge in [0.25, 0.3) is 0 Å². The molecule has 2 rings (SSSR count). The van der Waals surface area contributed by atoms with Crippen LogP contribution in [0.5, 0.6) is 0 Å². The van der Waals surface area contributed by atoms with Gasteiger partial charge < -0.3 is 9.05 Å². The average molecular weight is 445 g/mol. The van der Waals surface area contributed by atoms with Crippen molar-refractivity contribution < 1.29 is 26.4 Å². The molecule has 0 unspecified atom stereocenters. The summed E-state index contributed by atoms with van der Waals surface area (Å²) >= 11 is 0. The molecule has 0 saturated carbocycles. The quantitative estimate of drug-likeness (QED) is 0.570. The first-order valence-electron chi connectivity index (χ1n) is 8.73. The Labute approximate surface area is 170 Å². The van der Waals surface area contributed by atoms with Gasteiger partial charge in [0.15, 0.2) is 0 Å². The van der Waals surface area contributed by atoms with Crippen molar-refractivity contribution in [3.05, 3.63) is 41.3 Å². The third-order valence-corrected chi connectivity index (χ3v) is 7.35. The second kappa shape index (κ2) is 8.87. The molecule has 0 fully saturated rings. The standard InChI is InChI=1S/C18H25FN3O5PS/c1-12(2)16-15(11-28(23,26-4)27-5)17(13-7-9-14(19)10-8-13)21-18(20-16)22(3)29(6,24)25/h7-10,12H,11H2,1-6H3. The maximum atomic E-state index is 13.4. The monoisotopic (exact) mass is 445 g/mol. The van der Waals surface area contributed by atoms with Gasteiger partial charge in [0.05, 0.1) is 23.8 Å². The molecule has 0 amide bonds. The molecule has 0 radical (unpaired) electrons. The van der Waals surface area contributed by atoms with Crippen molar-refractivity contribution in [2.24, 2.45) is 0 Å². The normalized spacial score (nSPS) is 12.4. The summed E-state index contributed by atoms with van der Waals surface area (Å²) in [5.41, 5.74) is 1.85. The summed E-state index contributed by atoms with van der Waals surface area (Å²) in [6.07, 6.45) is 0.921. The molecule has 1 heterocycles. The molecule has 2 aromatic rings. The minimum absolute atomic E-state index is 0.0380. The number of aromatic nitrogens is 2. The van der Waals surface area contributed by atoms with Gasteiger partial charge in [-0.1, -0.05) is 13.8 Å². The molecular formula is C18H25FN3O5PS. The van der Waals surface area contributed by atoms with E-state index >= 15 is 0 Å². The first-order valence-corrected chi connectivity index (χ1v) is 12.3. The second-order valence-corrected chi connectivity index (χ2v) is 11.0. The van der Waals surface area contributed by atoms with Gasteiger partial charge in [-0.3, -0.25) is 4.57 Å². The molecule has 0 aliphatic rings. The highest BCUT2D eigenvalue weighted by molar-refractivity contribution is 7.92. The summed E-state index contributed by atoms with van der Waals surface area (Å²) < 4.78 is 61.5. The Balaban J connectivity index is 2.84. The van der Waals surface area contributed by atoms with Crippen molar-refractivity contribution in [1.82, 2.24) is 9.97 Å². The van der Waals surface area contributed by atoms with Crippen LogP contribution in [0.25, 0.3) is 11.3 Å². The lowest BCUT2D eigenvalue weighted by Gasteiger charge is -2.23. The van der Waals surface area contributed by atoms with E-state index < -0.39 is 23.4 Å². The van der Waals surface area contributed by atoms with Gasteiger partial charge in [-0.15, -0.1) is 0 Å². The predicted octanol–water partition coefficient (Wildman–Crippen LogP) is 3.79. The van der Waals surface area contributed by atoms with Crippen LogP contribution < -0.4 is 4.31 Å². The highest BCUT2D eigenvalue weighted by atomic mass is 32.2. The van der Waals surface area contributed by atoms with E-state index in [-0.39, 0.29) is 18.0 Å². The van der Waals surface area contributed by atoms with Crippen molar-refractivity contribution in [3.8, 4) is 11.3 Å². The Bertz CT molecular complexity index is 1020. The van der Waals surface area contributed by atoms with Crippen molar-refractivity contribution >= 4 is 23.6 Å². The minimum Gasteiger partial charge on any atom is -0.312 e. The highest BCUT2D eigenvalue weighted by Crippen LogP contribution is 2.52. The van der Waals surface area contributed by atoms with Crippen LogP contribution in [0.2, 0.25) is 0 Å². The van der Waals surface area contributed by atoms with Crippen LogP contribution >= 0.6 is 7.60 Å². The number of benzene rings is 1. The van der Waals surface area contributed by atoms with Gasteiger partial charge in [0, 0.05) is 32.4 Å². The Morgan fingerprint density at radius 3 is 2.14 bits per heavy atom. The molecular weight excluding hydrogens is 420 g/mol. The third kappa shape index (κ3) is 5.39. The Hall–Kier alpha value is -1.87. The Morgan fingerprint density at radius 2 is 1.69 bits per heavy atom. The summed E-state index contributed by atoms with van der Waals surface area (Å²) in [4.78, 5) is 8.84. The van der Waals surface area contributed by atoms with Crippen molar-refractivity contribution in [3.63, 3.8) is 0 Å². The maximum absolute atomic E-state index is 13.4. The summed E-state index contributed by atoms with van der Waals surface area (Å²) in [7, 11) is -3.19. The van der Waals surface area contributed by atoms with Gasteiger partial charge in [0.1, 0.15) is 5.82 Å². The Kier molecular flexibility index (Phi) is 7.16. The van der Waals surface area contributed by atoms with Crippen molar-refractivity contribution in [1.29, 1.82) is 0 Å². The molecule has 8 nitrogen and oxygen atoms in total. The van der Waals surface area contributed by atoms with Crippen LogP contribution in [0.4, 0.5) is 10.3 Å². The number of anilines is 1. The number of rotatable bonds is 8. The number of nitrogens with zero attached hydrogens (tertiary/aromatic N) is 3. The molecule has 0 atom stereocenters. The molecule has 0 aliphatic heterocycles. The largest absolute Gasteiger partial charge is 0.334 e. The molecule has 0 bridgehead atoms. The number of sulfonamides is 1. The first kappa shape index (κ1) is 23.4. The topological polar surface area (TPSA) is 98.7 Å². The number of hydrogen-bond acceptors (Lipinski definition) is 7. The van der Waals surface area contributed by atoms with Crippen molar-refractivity contribution in [2.75, 3.05) is 31.8 Å². The fraction of sp³-hybridized carbons (Fsp3) is 0.444. The van der Waals surface area contributed by atoms with Gasteiger partial charge in [0.2, 0.25) is 16.0 Å². The van der Waals surface area contributed by atoms with E-state index in [0.717, 1.165) is 10.6 Å². The third-order valence-electron chi connectivity index (χ3n) is 4.38. The maximum Gasteiger partial charge on any atom is 0.334 e. The lowest BCUT2D eigenvalue weighted by molar-refractivity contribution is 0.274. The molecule has 1 aromatic heterocycles.